The van der Waals surface area contributed by atoms with Crippen LogP contribution in [-0.2, 0) is 28.2 Å². The molecule has 9 heteroatoms. The average molecular weight is 657 g/mol. The van der Waals surface area contributed by atoms with Crippen LogP contribution in [0.2, 0.25) is 0 Å². The third kappa shape index (κ3) is 35.0. The van der Waals surface area contributed by atoms with Gasteiger partial charge in [0, 0.05) is 12.8 Å². The number of hydrogen-bond acceptors (Lipinski definition) is 6. The number of esters is 2. The van der Waals surface area contributed by atoms with Crippen LogP contribution in [0, 0.1) is 0 Å². The molecule has 1 unspecified atom stereocenters. The summed E-state index contributed by atoms with van der Waals surface area (Å²) in [6.45, 7) is 3.59. The van der Waals surface area contributed by atoms with E-state index in [4.69, 9.17) is 19.3 Å². The zero-order chi connectivity index (χ0) is 33.3. The van der Waals surface area contributed by atoms with Gasteiger partial charge in [-0.05, 0) is 64.2 Å². The molecular formula is C36H65O8P. The molecule has 0 amide bonds. The molecule has 0 rings (SSSR count). The molecule has 0 bridgehead atoms. The van der Waals surface area contributed by atoms with Gasteiger partial charge in [-0.2, -0.15) is 0 Å². The topological polar surface area (TPSA) is 119 Å². The van der Waals surface area contributed by atoms with Crippen LogP contribution in [-0.4, -0.2) is 41.0 Å². The molecule has 45 heavy (non-hydrogen) atoms. The Labute approximate surface area is 274 Å². The largest absolute Gasteiger partial charge is 0.469 e. The van der Waals surface area contributed by atoms with Gasteiger partial charge in [-0.3, -0.25) is 14.1 Å². The first kappa shape index (κ1) is 43.3. The van der Waals surface area contributed by atoms with Gasteiger partial charge in [0.15, 0.2) is 6.10 Å². The number of carbonyl (C=O) groups is 2. The Morgan fingerprint density at radius 3 is 1.56 bits per heavy atom. The Hall–Kier alpha value is -1.73. The van der Waals surface area contributed by atoms with Gasteiger partial charge in [0.2, 0.25) is 0 Å². The summed E-state index contributed by atoms with van der Waals surface area (Å²) in [6, 6.07) is 0. The van der Waals surface area contributed by atoms with E-state index in [1.807, 2.05) is 0 Å². The van der Waals surface area contributed by atoms with Crippen molar-refractivity contribution >= 4 is 19.8 Å². The highest BCUT2D eigenvalue weighted by atomic mass is 31.2. The highest BCUT2D eigenvalue weighted by molar-refractivity contribution is 7.46. The summed E-state index contributed by atoms with van der Waals surface area (Å²) >= 11 is 0. The number of carbonyl (C=O) groups excluding carboxylic acids is 2. The Bertz CT molecular complexity index is 833. The van der Waals surface area contributed by atoms with Crippen molar-refractivity contribution < 1.29 is 37.9 Å². The molecule has 0 fully saturated rings. The Kier molecular flexibility index (Phi) is 31.0. The average Bonchev–Trinajstić information content (AvgIpc) is 3.00. The zero-order valence-corrected chi connectivity index (χ0v) is 29.4. The van der Waals surface area contributed by atoms with Crippen LogP contribution in [0.3, 0.4) is 0 Å². The molecular weight excluding hydrogens is 591 g/mol. The first-order valence-electron chi connectivity index (χ1n) is 17.8. The summed E-state index contributed by atoms with van der Waals surface area (Å²) in [6.07, 6.45) is 35.7. The first-order chi connectivity index (χ1) is 21.8. The van der Waals surface area contributed by atoms with Crippen molar-refractivity contribution in [3.05, 3.63) is 36.5 Å². The number of phosphoric ester groups is 1. The van der Waals surface area contributed by atoms with Crippen molar-refractivity contribution in [3.8, 4) is 0 Å². The molecule has 2 N–H and O–H groups in total. The van der Waals surface area contributed by atoms with Crippen molar-refractivity contribution in [3.63, 3.8) is 0 Å². The van der Waals surface area contributed by atoms with Gasteiger partial charge in [-0.25, -0.2) is 4.57 Å². The Morgan fingerprint density at radius 2 is 1.02 bits per heavy atom. The minimum atomic E-state index is -4.75. The van der Waals surface area contributed by atoms with E-state index < -0.39 is 32.5 Å². The van der Waals surface area contributed by atoms with E-state index in [0.717, 1.165) is 77.0 Å². The van der Waals surface area contributed by atoms with Crippen molar-refractivity contribution in [1.82, 2.24) is 0 Å². The third-order valence-electron chi connectivity index (χ3n) is 7.38. The van der Waals surface area contributed by atoms with Crippen molar-refractivity contribution in [1.29, 1.82) is 0 Å². The van der Waals surface area contributed by atoms with Crippen LogP contribution in [0.25, 0.3) is 0 Å². The summed E-state index contributed by atoms with van der Waals surface area (Å²) < 4.78 is 26.2. The Balaban J connectivity index is 4.04. The second kappa shape index (κ2) is 32.2. The quantitative estimate of drug-likeness (QED) is 0.0318. The minimum absolute atomic E-state index is 0.194. The van der Waals surface area contributed by atoms with Gasteiger partial charge in [0.05, 0.1) is 6.61 Å². The van der Waals surface area contributed by atoms with E-state index in [0.29, 0.717) is 12.8 Å². The van der Waals surface area contributed by atoms with E-state index in [9.17, 15) is 14.2 Å². The molecule has 0 radical (unpaired) electrons. The summed E-state index contributed by atoms with van der Waals surface area (Å²) in [7, 11) is -4.75. The second-order valence-corrected chi connectivity index (χ2v) is 13.1. The van der Waals surface area contributed by atoms with E-state index in [2.05, 4.69) is 54.8 Å². The summed E-state index contributed by atoms with van der Waals surface area (Å²) in [4.78, 5) is 42.6. The predicted octanol–water partition coefficient (Wildman–Crippen LogP) is 10.2. The van der Waals surface area contributed by atoms with Crippen LogP contribution >= 0.6 is 7.82 Å². The highest BCUT2D eigenvalue weighted by Crippen LogP contribution is 2.35. The number of ether oxygens (including phenoxy) is 2. The molecule has 0 saturated carbocycles. The molecule has 0 aromatic carbocycles. The van der Waals surface area contributed by atoms with Crippen molar-refractivity contribution in [2.45, 2.75) is 168 Å². The van der Waals surface area contributed by atoms with Gasteiger partial charge >= 0.3 is 19.8 Å². The first-order valence-corrected chi connectivity index (χ1v) is 19.3. The molecule has 0 saturated heterocycles. The van der Waals surface area contributed by atoms with Crippen molar-refractivity contribution in [2.24, 2.45) is 0 Å². The molecule has 8 nitrogen and oxygen atoms in total. The molecule has 0 spiro atoms. The summed E-state index contributed by atoms with van der Waals surface area (Å²) in [5.41, 5.74) is 0. The molecule has 0 aliphatic rings. The normalized spacial score (nSPS) is 12.9. The van der Waals surface area contributed by atoms with Gasteiger partial charge in [-0.15, -0.1) is 0 Å². The molecule has 0 aromatic rings. The highest BCUT2D eigenvalue weighted by Gasteiger charge is 2.22. The number of rotatable bonds is 32. The van der Waals surface area contributed by atoms with E-state index >= 15 is 0 Å². The standard InChI is InChI=1S/C36H65O8P/c1-3-5-7-9-11-13-15-17-19-21-23-25-27-29-31-36(38)44-34(33-43-45(39,40)41)32-42-35(37)30-28-26-24-22-20-18-16-14-12-10-8-6-4-2/h9,11,14-17,34H,3-8,10,12-13,18-33H2,1-2H3,(H2,39,40,41)/b11-9-,16-14-,17-15-. The maximum absolute atomic E-state index is 12.3. The van der Waals surface area contributed by atoms with E-state index in [1.54, 1.807) is 0 Å². The Morgan fingerprint density at radius 1 is 0.578 bits per heavy atom. The van der Waals surface area contributed by atoms with Crippen LogP contribution in [0.15, 0.2) is 36.5 Å². The fourth-order valence-electron chi connectivity index (χ4n) is 4.68. The van der Waals surface area contributed by atoms with Crippen LogP contribution in [0.5, 0.6) is 0 Å². The van der Waals surface area contributed by atoms with Gasteiger partial charge < -0.3 is 19.3 Å². The summed E-state index contributed by atoms with van der Waals surface area (Å²) in [5.74, 6) is -0.914. The maximum atomic E-state index is 12.3. The van der Waals surface area contributed by atoms with Gasteiger partial charge in [0.25, 0.3) is 0 Å². The number of allylic oxidation sites excluding steroid dienone is 6. The SMILES string of the molecule is CCCC/C=C\C/C=C\CCCCCCCC(=O)OC(COC(=O)CCCCCCC/C=C\CCCCCC)COP(=O)(O)O. The lowest BCUT2D eigenvalue weighted by molar-refractivity contribution is -0.161. The van der Waals surface area contributed by atoms with E-state index in [1.165, 1.54) is 44.9 Å². The number of unbranched alkanes of at least 4 members (excludes halogenated alkanes) is 16. The maximum Gasteiger partial charge on any atom is 0.469 e. The molecule has 0 heterocycles. The molecule has 0 aliphatic heterocycles. The lowest BCUT2D eigenvalue weighted by atomic mass is 10.1. The molecule has 0 aliphatic carbocycles. The van der Waals surface area contributed by atoms with Crippen LogP contribution < -0.4 is 0 Å². The summed E-state index contributed by atoms with van der Waals surface area (Å²) in [5, 5.41) is 0. The van der Waals surface area contributed by atoms with Crippen LogP contribution in [0.4, 0.5) is 0 Å². The third-order valence-corrected chi connectivity index (χ3v) is 7.87. The zero-order valence-electron chi connectivity index (χ0n) is 28.5. The monoisotopic (exact) mass is 656 g/mol. The lowest BCUT2D eigenvalue weighted by Crippen LogP contribution is -2.29. The van der Waals surface area contributed by atoms with Crippen molar-refractivity contribution in [2.75, 3.05) is 13.2 Å². The lowest BCUT2D eigenvalue weighted by Gasteiger charge is -2.18. The number of hydrogen-bond donors (Lipinski definition) is 2. The van der Waals surface area contributed by atoms with Crippen LogP contribution in [0.1, 0.15) is 162 Å². The molecule has 1 atom stereocenters. The number of phosphoric acid groups is 1. The minimum Gasteiger partial charge on any atom is -0.462 e. The molecule has 262 valence electrons. The fourth-order valence-corrected chi connectivity index (χ4v) is 5.04. The van der Waals surface area contributed by atoms with Gasteiger partial charge in [0.1, 0.15) is 6.61 Å². The fraction of sp³-hybridized carbons (Fsp3) is 0.778. The predicted molar refractivity (Wildman–Crippen MR) is 184 cm³/mol. The smallest absolute Gasteiger partial charge is 0.462 e. The second-order valence-electron chi connectivity index (χ2n) is 11.8. The molecule has 0 aromatic heterocycles. The van der Waals surface area contributed by atoms with E-state index in [-0.39, 0.29) is 19.4 Å². The van der Waals surface area contributed by atoms with Gasteiger partial charge in [-0.1, -0.05) is 121 Å².